The summed E-state index contributed by atoms with van der Waals surface area (Å²) in [4.78, 5) is 1.72. The Morgan fingerprint density at radius 2 is 1.53 bits per heavy atom. The summed E-state index contributed by atoms with van der Waals surface area (Å²) in [7, 11) is 0. The molecular weight excluding hydrogens is 210 g/mol. The maximum Gasteiger partial charge on any atom is 0.113 e. The van der Waals surface area contributed by atoms with Crippen LogP contribution in [0.1, 0.15) is 11.1 Å². The smallest absolute Gasteiger partial charge is 0.113 e. The van der Waals surface area contributed by atoms with E-state index in [4.69, 9.17) is 0 Å². The van der Waals surface area contributed by atoms with E-state index in [1.165, 1.54) is 11.1 Å². The third-order valence-electron chi connectivity index (χ3n) is 2.87. The minimum absolute atomic E-state index is 0.924. The van der Waals surface area contributed by atoms with E-state index in [0.29, 0.717) is 0 Å². The second-order valence-electron chi connectivity index (χ2n) is 4.27. The van der Waals surface area contributed by atoms with E-state index in [9.17, 15) is 0 Å². The number of nitrogens with zero attached hydrogens (tertiary/aromatic N) is 3. The van der Waals surface area contributed by atoms with Crippen molar-refractivity contribution in [1.82, 2.24) is 15.0 Å². The molecule has 0 spiro atoms. The summed E-state index contributed by atoms with van der Waals surface area (Å²) in [5.41, 5.74) is 5.28. The fraction of sp³-hybridized carbons (Fsp3) is 0.143. The first-order chi connectivity index (χ1) is 8.24. The van der Waals surface area contributed by atoms with Crippen molar-refractivity contribution < 1.29 is 0 Å². The number of hydrogen-bond acceptors (Lipinski definition) is 2. The topological polar surface area (TPSA) is 30.7 Å². The zero-order valence-corrected chi connectivity index (χ0v) is 9.88. The molecule has 0 saturated carbocycles. The molecule has 3 aromatic rings. The summed E-state index contributed by atoms with van der Waals surface area (Å²) < 4.78 is 0. The van der Waals surface area contributed by atoms with E-state index >= 15 is 0 Å². The van der Waals surface area contributed by atoms with Gasteiger partial charge in [-0.3, -0.25) is 0 Å². The molecule has 1 aromatic heterocycles. The van der Waals surface area contributed by atoms with Crippen LogP contribution in [0.15, 0.2) is 42.5 Å². The Hall–Kier alpha value is -2.16. The lowest BCUT2D eigenvalue weighted by Crippen LogP contribution is -2.01. The highest BCUT2D eigenvalue weighted by molar-refractivity contribution is 5.73. The fourth-order valence-corrected chi connectivity index (χ4v) is 1.90. The van der Waals surface area contributed by atoms with E-state index in [-0.39, 0.29) is 0 Å². The van der Waals surface area contributed by atoms with Crippen LogP contribution >= 0.6 is 0 Å². The zero-order chi connectivity index (χ0) is 11.8. The van der Waals surface area contributed by atoms with E-state index in [1.807, 2.05) is 24.3 Å². The Balaban J connectivity index is 2.23. The Morgan fingerprint density at radius 1 is 0.882 bits per heavy atom. The van der Waals surface area contributed by atoms with Crippen LogP contribution in [0.4, 0.5) is 0 Å². The van der Waals surface area contributed by atoms with Gasteiger partial charge in [0.15, 0.2) is 0 Å². The van der Waals surface area contributed by atoms with Crippen molar-refractivity contribution in [1.29, 1.82) is 0 Å². The lowest BCUT2D eigenvalue weighted by molar-refractivity contribution is 0.759. The summed E-state index contributed by atoms with van der Waals surface area (Å²) in [5, 5.41) is 8.98. The molecule has 3 heteroatoms. The highest BCUT2D eigenvalue weighted by Gasteiger charge is 2.06. The van der Waals surface area contributed by atoms with E-state index in [0.717, 1.165) is 16.7 Å². The molecule has 0 aliphatic carbocycles. The molecule has 3 rings (SSSR count). The first-order valence-electron chi connectivity index (χ1n) is 5.64. The lowest BCUT2D eigenvalue weighted by atomic mass is 10.1. The predicted octanol–water partition coefficient (Wildman–Crippen LogP) is 3.04. The van der Waals surface area contributed by atoms with Gasteiger partial charge in [0.1, 0.15) is 11.0 Å². The molecule has 0 amide bonds. The second-order valence-corrected chi connectivity index (χ2v) is 4.27. The van der Waals surface area contributed by atoms with E-state index in [2.05, 4.69) is 42.2 Å². The normalized spacial score (nSPS) is 10.9. The molecule has 0 fully saturated rings. The van der Waals surface area contributed by atoms with Gasteiger partial charge < -0.3 is 0 Å². The minimum Gasteiger partial charge on any atom is -0.150 e. The Kier molecular flexibility index (Phi) is 2.18. The van der Waals surface area contributed by atoms with Crippen LogP contribution in [0, 0.1) is 13.8 Å². The van der Waals surface area contributed by atoms with Crippen LogP contribution in [0.2, 0.25) is 0 Å². The average molecular weight is 223 g/mol. The van der Waals surface area contributed by atoms with Crippen LogP contribution in [-0.2, 0) is 0 Å². The van der Waals surface area contributed by atoms with Gasteiger partial charge in [0.2, 0.25) is 0 Å². The van der Waals surface area contributed by atoms with Crippen LogP contribution in [0.25, 0.3) is 16.7 Å². The van der Waals surface area contributed by atoms with E-state index in [1.54, 1.807) is 4.80 Å². The van der Waals surface area contributed by atoms with Crippen molar-refractivity contribution in [3.05, 3.63) is 53.6 Å². The number of fused-ring (bicyclic) bond motifs is 1. The van der Waals surface area contributed by atoms with Crippen molar-refractivity contribution in [2.75, 3.05) is 0 Å². The third-order valence-corrected chi connectivity index (χ3v) is 2.87. The highest BCUT2D eigenvalue weighted by Crippen LogP contribution is 2.16. The Morgan fingerprint density at radius 3 is 2.18 bits per heavy atom. The maximum atomic E-state index is 4.49. The summed E-state index contributed by atoms with van der Waals surface area (Å²) in [6.45, 7) is 4.15. The number of aryl methyl sites for hydroxylation is 2. The van der Waals surface area contributed by atoms with Crippen molar-refractivity contribution in [2.24, 2.45) is 0 Å². The first kappa shape index (κ1) is 10.0. The van der Waals surface area contributed by atoms with Gasteiger partial charge in [-0.2, -0.15) is 4.80 Å². The molecule has 0 N–H and O–H groups in total. The van der Waals surface area contributed by atoms with Crippen LogP contribution in [0.5, 0.6) is 0 Å². The van der Waals surface area contributed by atoms with Gasteiger partial charge in [-0.25, -0.2) is 0 Å². The molecule has 0 aliphatic heterocycles. The zero-order valence-electron chi connectivity index (χ0n) is 9.88. The van der Waals surface area contributed by atoms with Crippen LogP contribution in [0.3, 0.4) is 0 Å². The van der Waals surface area contributed by atoms with Crippen molar-refractivity contribution in [2.45, 2.75) is 13.8 Å². The van der Waals surface area contributed by atoms with Crippen molar-refractivity contribution >= 4 is 11.0 Å². The molecule has 3 nitrogen and oxygen atoms in total. The first-order valence-corrected chi connectivity index (χ1v) is 5.64. The summed E-state index contributed by atoms with van der Waals surface area (Å²) in [5.74, 6) is 0. The molecule has 2 aromatic carbocycles. The molecule has 0 saturated heterocycles. The van der Waals surface area contributed by atoms with Crippen molar-refractivity contribution in [3.63, 3.8) is 0 Å². The SMILES string of the molecule is Cc1ccc(C)c(-n2nc3ccccc3n2)c1. The molecule has 0 aliphatic rings. The second kappa shape index (κ2) is 3.70. The van der Waals surface area contributed by atoms with Gasteiger partial charge in [0.25, 0.3) is 0 Å². The standard InChI is InChI=1S/C14H13N3/c1-10-7-8-11(2)14(9-10)17-15-12-5-3-4-6-13(12)16-17/h3-9H,1-2H3. The molecule has 84 valence electrons. The molecule has 1 heterocycles. The fourth-order valence-electron chi connectivity index (χ4n) is 1.90. The summed E-state index contributed by atoms with van der Waals surface area (Å²) in [6.07, 6.45) is 0. The molecular formula is C14H13N3. The van der Waals surface area contributed by atoms with Gasteiger partial charge >= 0.3 is 0 Å². The van der Waals surface area contributed by atoms with Gasteiger partial charge in [0, 0.05) is 0 Å². The van der Waals surface area contributed by atoms with E-state index < -0.39 is 0 Å². The van der Waals surface area contributed by atoms with Crippen LogP contribution in [-0.4, -0.2) is 15.0 Å². The van der Waals surface area contributed by atoms with Gasteiger partial charge in [-0.1, -0.05) is 24.3 Å². The summed E-state index contributed by atoms with van der Waals surface area (Å²) in [6, 6.07) is 14.2. The average Bonchev–Trinajstić information content (AvgIpc) is 2.75. The minimum atomic E-state index is 0.924. The maximum absolute atomic E-state index is 4.49. The quantitative estimate of drug-likeness (QED) is 0.634. The number of hydrogen-bond donors (Lipinski definition) is 0. The monoisotopic (exact) mass is 223 g/mol. The van der Waals surface area contributed by atoms with Gasteiger partial charge in [0.05, 0.1) is 5.69 Å². The van der Waals surface area contributed by atoms with Crippen LogP contribution < -0.4 is 0 Å². The highest BCUT2D eigenvalue weighted by atomic mass is 15.5. The van der Waals surface area contributed by atoms with Crippen molar-refractivity contribution in [3.8, 4) is 5.69 Å². The molecule has 0 unspecified atom stereocenters. The van der Waals surface area contributed by atoms with Gasteiger partial charge in [-0.15, -0.1) is 10.2 Å². The summed E-state index contributed by atoms with van der Waals surface area (Å²) >= 11 is 0. The third kappa shape index (κ3) is 1.69. The van der Waals surface area contributed by atoms with Gasteiger partial charge in [-0.05, 0) is 43.2 Å². The Labute approximate surface area is 99.7 Å². The predicted molar refractivity (Wildman–Crippen MR) is 68.3 cm³/mol. The molecule has 0 atom stereocenters. The molecule has 0 bridgehead atoms. The number of rotatable bonds is 1. The lowest BCUT2D eigenvalue weighted by Gasteiger charge is -2.04. The molecule has 0 radical (unpaired) electrons. The Bertz CT molecular complexity index is 650. The molecule has 17 heavy (non-hydrogen) atoms. The number of benzene rings is 2. The number of aromatic nitrogens is 3. The largest absolute Gasteiger partial charge is 0.150 e.